The van der Waals surface area contributed by atoms with E-state index in [0.717, 1.165) is 63.6 Å². The van der Waals surface area contributed by atoms with Crippen LogP contribution in [0.15, 0.2) is 48.7 Å². The lowest BCUT2D eigenvalue weighted by molar-refractivity contribution is 0.0972. The Balaban J connectivity index is 1.59. The molecule has 7 nitrogen and oxygen atoms in total. The minimum absolute atomic E-state index is 0.00967. The van der Waals surface area contributed by atoms with Gasteiger partial charge in [-0.1, -0.05) is 29.5 Å². The molecule has 1 amide bonds. The first-order chi connectivity index (χ1) is 16.6. The SMILES string of the molecule is COc1ccc(C)c2c(N(C(=O)c3ccc(-c4nnc(C)s4)cc3)[C@@H]3CCCNC3)nccc12. The fourth-order valence-corrected chi connectivity index (χ4v) is 5.27. The fraction of sp³-hybridized carbons (Fsp3) is 0.308. The van der Waals surface area contributed by atoms with Gasteiger partial charge in [-0.3, -0.25) is 9.69 Å². The number of methoxy groups -OCH3 is 1. The molecule has 2 aromatic heterocycles. The summed E-state index contributed by atoms with van der Waals surface area (Å²) in [6.07, 6.45) is 3.69. The van der Waals surface area contributed by atoms with E-state index in [1.54, 1.807) is 13.3 Å². The topological polar surface area (TPSA) is 80.2 Å². The number of carbonyl (C=O) groups is 1. The minimum atomic E-state index is -0.0593. The summed E-state index contributed by atoms with van der Waals surface area (Å²) in [4.78, 5) is 20.6. The number of nitrogens with one attached hydrogen (secondary N) is 1. The number of nitrogens with zero attached hydrogens (tertiary/aromatic N) is 4. The fourth-order valence-electron chi connectivity index (χ4n) is 4.58. The molecule has 1 aliphatic rings. The number of rotatable bonds is 5. The summed E-state index contributed by atoms with van der Waals surface area (Å²) in [5.41, 5.74) is 2.63. The van der Waals surface area contributed by atoms with E-state index in [9.17, 15) is 4.79 Å². The number of piperidine rings is 1. The van der Waals surface area contributed by atoms with Crippen LogP contribution in [0.25, 0.3) is 21.3 Å². The van der Waals surface area contributed by atoms with Crippen molar-refractivity contribution in [2.45, 2.75) is 32.7 Å². The van der Waals surface area contributed by atoms with Gasteiger partial charge in [0.25, 0.3) is 5.91 Å². The molecule has 0 unspecified atom stereocenters. The first kappa shape index (κ1) is 22.4. The van der Waals surface area contributed by atoms with Crippen LogP contribution in [-0.4, -0.2) is 47.3 Å². The summed E-state index contributed by atoms with van der Waals surface area (Å²) >= 11 is 1.54. The number of hydrogen-bond donors (Lipinski definition) is 1. The third-order valence-corrected chi connectivity index (χ3v) is 7.17. The number of hydrogen-bond acceptors (Lipinski definition) is 7. The molecule has 5 rings (SSSR count). The normalized spacial score (nSPS) is 15.9. The minimum Gasteiger partial charge on any atom is -0.496 e. The van der Waals surface area contributed by atoms with E-state index in [0.29, 0.717) is 11.4 Å². The molecule has 0 bridgehead atoms. The Hall–Kier alpha value is -3.36. The van der Waals surface area contributed by atoms with Crippen LogP contribution in [-0.2, 0) is 0 Å². The summed E-state index contributed by atoms with van der Waals surface area (Å²) in [6.45, 7) is 5.68. The standard InChI is InChI=1S/C26H27N5O2S/c1-16-6-11-22(33-3)21-12-14-28-24(23(16)21)31(20-5-4-13-27-15-20)26(32)19-9-7-18(8-10-19)25-30-29-17(2)34-25/h6-12,14,20,27H,4-5,13,15H2,1-3H3/t20-/m1/s1. The van der Waals surface area contributed by atoms with Crippen molar-refractivity contribution in [2.75, 3.05) is 25.1 Å². The van der Waals surface area contributed by atoms with Crippen molar-refractivity contribution in [3.05, 3.63) is 64.8 Å². The van der Waals surface area contributed by atoms with E-state index in [1.165, 1.54) is 11.3 Å². The van der Waals surface area contributed by atoms with Crippen LogP contribution in [0.4, 0.5) is 5.82 Å². The van der Waals surface area contributed by atoms with E-state index in [2.05, 4.69) is 15.5 Å². The molecule has 1 fully saturated rings. The predicted octanol–water partition coefficient (Wildman–Crippen LogP) is 4.78. The van der Waals surface area contributed by atoms with Crippen molar-refractivity contribution in [1.82, 2.24) is 20.5 Å². The lowest BCUT2D eigenvalue weighted by atomic mass is 10.0. The molecule has 8 heteroatoms. The van der Waals surface area contributed by atoms with Crippen LogP contribution >= 0.6 is 11.3 Å². The summed E-state index contributed by atoms with van der Waals surface area (Å²) in [6, 6.07) is 13.6. The second-order valence-corrected chi connectivity index (χ2v) is 9.70. The van der Waals surface area contributed by atoms with Gasteiger partial charge in [0, 0.05) is 34.6 Å². The molecule has 3 heterocycles. The average molecular weight is 474 g/mol. The zero-order valence-corrected chi connectivity index (χ0v) is 20.4. The van der Waals surface area contributed by atoms with Gasteiger partial charge in [-0.15, -0.1) is 10.2 Å². The molecule has 174 valence electrons. The average Bonchev–Trinajstić information content (AvgIpc) is 3.31. The van der Waals surface area contributed by atoms with Crippen molar-refractivity contribution in [3.63, 3.8) is 0 Å². The number of aryl methyl sites for hydroxylation is 2. The molecule has 34 heavy (non-hydrogen) atoms. The number of anilines is 1. The van der Waals surface area contributed by atoms with Crippen LogP contribution in [0.5, 0.6) is 5.75 Å². The maximum absolute atomic E-state index is 14.0. The molecule has 0 saturated carbocycles. The third kappa shape index (κ3) is 4.15. The second kappa shape index (κ2) is 9.48. The van der Waals surface area contributed by atoms with E-state index in [4.69, 9.17) is 9.72 Å². The van der Waals surface area contributed by atoms with Gasteiger partial charge in [0.2, 0.25) is 0 Å². The number of carbonyl (C=O) groups excluding carboxylic acids is 1. The molecule has 0 aliphatic carbocycles. The Morgan fingerprint density at radius 2 is 1.94 bits per heavy atom. The molecule has 1 aliphatic heterocycles. The number of fused-ring (bicyclic) bond motifs is 1. The van der Waals surface area contributed by atoms with E-state index >= 15 is 0 Å². The highest BCUT2D eigenvalue weighted by molar-refractivity contribution is 7.14. The van der Waals surface area contributed by atoms with Crippen molar-refractivity contribution >= 4 is 33.8 Å². The zero-order chi connectivity index (χ0) is 23.7. The Labute approximate surface area is 202 Å². The van der Waals surface area contributed by atoms with Gasteiger partial charge < -0.3 is 10.1 Å². The smallest absolute Gasteiger partial charge is 0.259 e. The highest BCUT2D eigenvalue weighted by Crippen LogP contribution is 2.36. The number of pyridine rings is 1. The third-order valence-electron chi connectivity index (χ3n) is 6.28. The van der Waals surface area contributed by atoms with Crippen LogP contribution < -0.4 is 15.0 Å². The summed E-state index contributed by atoms with van der Waals surface area (Å²) in [5.74, 6) is 1.39. The highest BCUT2D eigenvalue weighted by Gasteiger charge is 2.30. The van der Waals surface area contributed by atoms with Crippen LogP contribution in [0.1, 0.15) is 33.8 Å². The molecule has 0 spiro atoms. The molecule has 0 radical (unpaired) electrons. The molecule has 1 N–H and O–H groups in total. The first-order valence-corrected chi connectivity index (χ1v) is 12.3. The quantitative estimate of drug-likeness (QED) is 0.449. The number of ether oxygens (including phenoxy) is 1. The molecular weight excluding hydrogens is 446 g/mol. The van der Waals surface area contributed by atoms with Crippen LogP contribution in [0.3, 0.4) is 0 Å². The maximum atomic E-state index is 14.0. The van der Waals surface area contributed by atoms with Crippen molar-refractivity contribution in [3.8, 4) is 16.3 Å². The largest absolute Gasteiger partial charge is 0.496 e. The molecule has 2 aromatic carbocycles. The van der Waals surface area contributed by atoms with Crippen molar-refractivity contribution in [2.24, 2.45) is 0 Å². The van der Waals surface area contributed by atoms with Crippen molar-refractivity contribution in [1.29, 1.82) is 0 Å². The lowest BCUT2D eigenvalue weighted by Gasteiger charge is -2.35. The van der Waals surface area contributed by atoms with Gasteiger partial charge in [0.1, 0.15) is 21.6 Å². The number of amides is 1. The van der Waals surface area contributed by atoms with Crippen LogP contribution in [0, 0.1) is 13.8 Å². The van der Waals surface area contributed by atoms with Crippen molar-refractivity contribution < 1.29 is 9.53 Å². The number of benzene rings is 2. The highest BCUT2D eigenvalue weighted by atomic mass is 32.1. The van der Waals surface area contributed by atoms with Gasteiger partial charge in [0.15, 0.2) is 0 Å². The zero-order valence-electron chi connectivity index (χ0n) is 19.5. The monoisotopic (exact) mass is 473 g/mol. The van der Waals surface area contributed by atoms with E-state index in [1.807, 2.05) is 61.2 Å². The van der Waals surface area contributed by atoms with E-state index < -0.39 is 0 Å². The van der Waals surface area contributed by atoms with Gasteiger partial charge in [-0.2, -0.15) is 0 Å². The number of aromatic nitrogens is 3. The summed E-state index contributed by atoms with van der Waals surface area (Å²) in [5, 5.41) is 15.4. The Morgan fingerprint density at radius 1 is 1.12 bits per heavy atom. The predicted molar refractivity (Wildman–Crippen MR) is 136 cm³/mol. The molecule has 1 saturated heterocycles. The van der Waals surface area contributed by atoms with Gasteiger partial charge >= 0.3 is 0 Å². The lowest BCUT2D eigenvalue weighted by Crippen LogP contribution is -2.49. The first-order valence-electron chi connectivity index (χ1n) is 11.4. The Kier molecular flexibility index (Phi) is 6.26. The van der Waals surface area contributed by atoms with Gasteiger partial charge in [0.05, 0.1) is 13.2 Å². The molecule has 1 atom stereocenters. The Morgan fingerprint density at radius 3 is 2.62 bits per heavy atom. The van der Waals surface area contributed by atoms with Crippen LogP contribution in [0.2, 0.25) is 0 Å². The van der Waals surface area contributed by atoms with Gasteiger partial charge in [-0.05, 0) is 63.1 Å². The second-order valence-electron chi connectivity index (χ2n) is 8.52. The Bertz CT molecular complexity index is 1330. The molecular formula is C26H27N5O2S. The maximum Gasteiger partial charge on any atom is 0.259 e. The summed E-state index contributed by atoms with van der Waals surface area (Å²) in [7, 11) is 1.67. The van der Waals surface area contributed by atoms with E-state index in [-0.39, 0.29) is 11.9 Å². The van der Waals surface area contributed by atoms with Gasteiger partial charge in [-0.25, -0.2) is 4.98 Å². The summed E-state index contributed by atoms with van der Waals surface area (Å²) < 4.78 is 5.61. The molecule has 4 aromatic rings.